The lowest BCUT2D eigenvalue weighted by Crippen LogP contribution is -2.64. The summed E-state index contributed by atoms with van der Waals surface area (Å²) in [4.78, 5) is 25.2. The molecule has 0 heterocycles. The molecule has 0 radical (unpaired) electrons. The van der Waals surface area contributed by atoms with Gasteiger partial charge in [-0.05, 0) is 60.3 Å². The third-order valence-electron chi connectivity index (χ3n) is 8.58. The molecule has 2 aromatic carbocycles. The minimum atomic E-state index is -7.27. The van der Waals surface area contributed by atoms with Crippen LogP contribution >= 0.6 is 0 Å². The van der Waals surface area contributed by atoms with E-state index in [1.807, 2.05) is 33.8 Å². The fraction of sp³-hybridized carbons (Fsp3) is 0.576. The van der Waals surface area contributed by atoms with Crippen LogP contribution in [0.25, 0.3) is 0 Å². The van der Waals surface area contributed by atoms with Gasteiger partial charge in [0.05, 0.1) is 5.69 Å². The van der Waals surface area contributed by atoms with Crippen molar-refractivity contribution in [1.82, 2.24) is 0 Å². The zero-order chi connectivity index (χ0) is 37.1. The number of benzene rings is 2. The van der Waals surface area contributed by atoms with Crippen LogP contribution in [0.3, 0.4) is 0 Å². The second kappa shape index (κ2) is 14.5. The van der Waals surface area contributed by atoms with Crippen molar-refractivity contribution in [3.63, 3.8) is 0 Å². The summed E-state index contributed by atoms with van der Waals surface area (Å²) in [5, 5.41) is 13.7. The second-order valence-corrected chi connectivity index (χ2v) is 12.8. The quantitative estimate of drug-likeness (QED) is 0.128. The summed E-state index contributed by atoms with van der Waals surface area (Å²) in [6, 6.07) is 8.11. The van der Waals surface area contributed by atoms with E-state index in [4.69, 9.17) is 4.74 Å². The molecular formula is C33H41F9N2O4. The van der Waals surface area contributed by atoms with Crippen LogP contribution in [0.4, 0.5) is 50.9 Å². The number of hydrogen-bond acceptors (Lipinski definition) is 4. The fourth-order valence-corrected chi connectivity index (χ4v) is 4.42. The van der Waals surface area contributed by atoms with Crippen molar-refractivity contribution in [1.29, 1.82) is 0 Å². The monoisotopic (exact) mass is 700 g/mol. The summed E-state index contributed by atoms with van der Waals surface area (Å²) in [6.07, 6.45) is -4.99. The number of unbranched alkanes of at least 4 members (excludes halogenated alkanes) is 1. The van der Waals surface area contributed by atoms with Crippen molar-refractivity contribution in [3.05, 3.63) is 47.5 Å². The van der Waals surface area contributed by atoms with Crippen LogP contribution < -0.4 is 15.4 Å². The van der Waals surface area contributed by atoms with Gasteiger partial charge in [-0.1, -0.05) is 67.0 Å². The van der Waals surface area contributed by atoms with Gasteiger partial charge in [-0.15, -0.1) is 0 Å². The highest BCUT2D eigenvalue weighted by Crippen LogP contribution is 2.53. The Kier molecular flexibility index (Phi) is 12.2. The zero-order valence-electron chi connectivity index (χ0n) is 27.7. The van der Waals surface area contributed by atoms with Gasteiger partial charge in [-0.3, -0.25) is 9.59 Å². The number of hydrogen-bond donors (Lipinski definition) is 3. The van der Waals surface area contributed by atoms with Crippen molar-refractivity contribution in [2.75, 3.05) is 10.6 Å². The topological polar surface area (TPSA) is 87.7 Å². The highest BCUT2D eigenvalue weighted by molar-refractivity contribution is 5.99. The molecular weight excluding hydrogens is 659 g/mol. The molecule has 48 heavy (non-hydrogen) atoms. The van der Waals surface area contributed by atoms with Crippen molar-refractivity contribution < 1.29 is 58.9 Å². The number of anilines is 2. The van der Waals surface area contributed by atoms with E-state index in [0.717, 1.165) is 41.4 Å². The molecule has 270 valence electrons. The van der Waals surface area contributed by atoms with Gasteiger partial charge in [0.15, 0.2) is 6.10 Å². The first kappa shape index (κ1) is 40.5. The minimum Gasteiger partial charge on any atom is -0.506 e. The van der Waals surface area contributed by atoms with Gasteiger partial charge in [-0.25, -0.2) is 0 Å². The minimum absolute atomic E-state index is 0.130. The maximum absolute atomic E-state index is 14.0. The summed E-state index contributed by atoms with van der Waals surface area (Å²) in [6.45, 7) is 14.3. The summed E-state index contributed by atoms with van der Waals surface area (Å²) in [5.41, 5.74) is 0.290. The lowest BCUT2D eigenvalue weighted by molar-refractivity contribution is -0.388. The van der Waals surface area contributed by atoms with E-state index in [9.17, 15) is 54.2 Å². The fourth-order valence-electron chi connectivity index (χ4n) is 4.42. The number of amides is 2. The molecule has 0 aliphatic heterocycles. The molecule has 2 aromatic rings. The summed E-state index contributed by atoms with van der Waals surface area (Å²) in [5.74, 6) is -25.6. The number of phenols is 1. The summed E-state index contributed by atoms with van der Waals surface area (Å²) < 4.78 is 125. The molecule has 2 rings (SSSR count). The molecule has 1 atom stereocenters. The maximum Gasteiger partial charge on any atom is 0.460 e. The van der Waals surface area contributed by atoms with Gasteiger partial charge in [0.2, 0.25) is 0 Å². The first-order chi connectivity index (χ1) is 21.8. The van der Waals surface area contributed by atoms with E-state index in [0.29, 0.717) is 24.7 Å². The Labute approximate surface area is 273 Å². The zero-order valence-corrected chi connectivity index (χ0v) is 27.7. The second-order valence-electron chi connectivity index (χ2n) is 12.8. The number of alkyl halides is 9. The average molecular weight is 701 g/mol. The first-order valence-electron chi connectivity index (χ1n) is 15.3. The molecule has 2 amide bonds. The Morgan fingerprint density at radius 1 is 0.792 bits per heavy atom. The van der Waals surface area contributed by atoms with Crippen molar-refractivity contribution in [2.45, 2.75) is 121 Å². The Morgan fingerprint density at radius 2 is 1.38 bits per heavy atom. The van der Waals surface area contributed by atoms with E-state index in [1.54, 1.807) is 6.07 Å². The molecule has 0 fully saturated rings. The number of rotatable bonds is 15. The number of carbonyl (C=O) groups is 2. The summed E-state index contributed by atoms with van der Waals surface area (Å²) in [7, 11) is 0. The maximum atomic E-state index is 14.0. The van der Waals surface area contributed by atoms with E-state index in [2.05, 4.69) is 32.2 Å². The van der Waals surface area contributed by atoms with Crippen LogP contribution in [0.1, 0.15) is 91.7 Å². The molecule has 15 heteroatoms. The molecule has 0 spiro atoms. The van der Waals surface area contributed by atoms with Crippen molar-refractivity contribution in [3.8, 4) is 11.5 Å². The lowest BCUT2D eigenvalue weighted by atomic mass is 9.76. The molecule has 0 aliphatic rings. The van der Waals surface area contributed by atoms with Crippen LogP contribution in [0.15, 0.2) is 36.4 Å². The molecule has 3 N–H and O–H groups in total. The lowest BCUT2D eigenvalue weighted by Gasteiger charge is -2.32. The highest BCUT2D eigenvalue weighted by Gasteiger charge is 2.83. The largest absolute Gasteiger partial charge is 0.506 e. The van der Waals surface area contributed by atoms with Gasteiger partial charge in [0.1, 0.15) is 11.5 Å². The predicted molar refractivity (Wildman–Crippen MR) is 163 cm³/mol. The van der Waals surface area contributed by atoms with E-state index in [-0.39, 0.29) is 22.9 Å². The van der Waals surface area contributed by atoms with Crippen molar-refractivity contribution in [2.24, 2.45) is 0 Å². The predicted octanol–water partition coefficient (Wildman–Crippen LogP) is 9.75. The van der Waals surface area contributed by atoms with Crippen LogP contribution in [0.2, 0.25) is 0 Å². The number of halogens is 9. The first-order valence-corrected chi connectivity index (χ1v) is 15.3. The number of ether oxygens (including phenoxy) is 1. The van der Waals surface area contributed by atoms with E-state index >= 15 is 0 Å². The van der Waals surface area contributed by atoms with E-state index in [1.165, 1.54) is 0 Å². The van der Waals surface area contributed by atoms with E-state index < -0.39 is 53.3 Å². The molecule has 6 nitrogen and oxygen atoms in total. The molecule has 0 bridgehead atoms. The van der Waals surface area contributed by atoms with Gasteiger partial charge in [0.25, 0.3) is 5.91 Å². The molecule has 0 aliphatic carbocycles. The standard InChI is InChI=1S/C33H41F9N2O4/c1-8-11-12-25(48-24-16-13-19(28(4,5)9-2)17-21(24)29(6,7)10-3)26(46)43-20-14-15-22(23(45)18-20)44-27(47)30(34,35)31(36,37)32(38,39)33(40,41)42/h13-18,25,45H,8-12H2,1-7H3,(H,43,46)(H,44,47). The normalized spacial score (nSPS) is 14.0. The smallest absolute Gasteiger partial charge is 0.460 e. The Balaban J connectivity index is 2.35. The number of aromatic hydroxyl groups is 1. The summed E-state index contributed by atoms with van der Waals surface area (Å²) >= 11 is 0. The Bertz CT molecular complexity index is 1460. The van der Waals surface area contributed by atoms with Crippen LogP contribution in [0.5, 0.6) is 11.5 Å². The van der Waals surface area contributed by atoms with Gasteiger partial charge < -0.3 is 20.5 Å². The SMILES string of the molecule is CCCCC(Oc1ccc(C(C)(C)CC)cc1C(C)(C)CC)C(=O)Nc1ccc(NC(=O)C(F)(F)C(F)(F)C(F)(F)C(F)(F)F)c(O)c1. The molecule has 0 saturated carbocycles. The van der Waals surface area contributed by atoms with Crippen LogP contribution in [-0.4, -0.2) is 47.0 Å². The van der Waals surface area contributed by atoms with Crippen molar-refractivity contribution >= 4 is 23.2 Å². The number of carbonyl (C=O) groups excluding carboxylic acids is 2. The third-order valence-corrected chi connectivity index (χ3v) is 8.58. The Morgan fingerprint density at radius 3 is 1.88 bits per heavy atom. The van der Waals surface area contributed by atoms with Gasteiger partial charge in [-0.2, -0.15) is 39.5 Å². The third kappa shape index (κ3) is 8.31. The highest BCUT2D eigenvalue weighted by atomic mass is 19.4. The van der Waals surface area contributed by atoms with Crippen LogP contribution in [0, 0.1) is 0 Å². The van der Waals surface area contributed by atoms with Crippen LogP contribution in [-0.2, 0) is 20.4 Å². The molecule has 1 unspecified atom stereocenters. The van der Waals surface area contributed by atoms with Gasteiger partial charge in [0, 0.05) is 17.3 Å². The number of phenolic OH excluding ortho intramolecular Hbond substituents is 1. The average Bonchev–Trinajstić information content (AvgIpc) is 2.99. The molecule has 0 saturated heterocycles. The Hall–Kier alpha value is -3.65. The van der Waals surface area contributed by atoms with Gasteiger partial charge >= 0.3 is 29.9 Å². The number of nitrogens with one attached hydrogen (secondary N) is 2. The molecule has 0 aromatic heterocycles.